The minimum Gasteiger partial charge on any atom is -0.382 e. The van der Waals surface area contributed by atoms with Crippen molar-refractivity contribution in [3.63, 3.8) is 0 Å². The van der Waals surface area contributed by atoms with Gasteiger partial charge in [0, 0.05) is 37.6 Å². The Morgan fingerprint density at radius 3 is 2.95 bits per heavy atom. The first kappa shape index (κ1) is 12.5. The number of rotatable bonds is 4. The number of aromatic nitrogens is 2. The van der Waals surface area contributed by atoms with Crippen molar-refractivity contribution >= 4 is 17.3 Å². The molecule has 6 heteroatoms. The molecule has 1 aliphatic rings. The Hall–Kier alpha value is -2.50. The van der Waals surface area contributed by atoms with Gasteiger partial charge in [-0.3, -0.25) is 9.48 Å². The second-order valence-electron chi connectivity index (χ2n) is 4.64. The molecule has 104 valence electrons. The van der Waals surface area contributed by atoms with Crippen LogP contribution in [0.2, 0.25) is 0 Å². The van der Waals surface area contributed by atoms with Crippen LogP contribution in [-0.4, -0.2) is 35.3 Å². The molecule has 0 fully saturated rings. The Morgan fingerprint density at radius 2 is 2.15 bits per heavy atom. The molecule has 20 heavy (non-hydrogen) atoms. The van der Waals surface area contributed by atoms with Crippen LogP contribution in [0.25, 0.3) is 0 Å². The van der Waals surface area contributed by atoms with E-state index in [1.807, 2.05) is 30.5 Å². The normalized spacial score (nSPS) is 13.0. The van der Waals surface area contributed by atoms with Gasteiger partial charge in [0.1, 0.15) is 0 Å². The van der Waals surface area contributed by atoms with Crippen molar-refractivity contribution in [3.8, 4) is 0 Å². The third-order valence-corrected chi connectivity index (χ3v) is 3.22. The standard InChI is InChI=1S/C14H17N5O/c20-14(17-7-9-19-8-1-4-18-19)11-2-3-12-13(10-11)16-6-5-15-12/h1-4,8,10,15-16H,5-7,9H2,(H,17,20). The summed E-state index contributed by atoms with van der Waals surface area (Å²) in [5.41, 5.74) is 2.70. The SMILES string of the molecule is O=C(NCCn1cccn1)c1ccc2c(c1)NCCN2. The van der Waals surface area contributed by atoms with Crippen molar-refractivity contribution in [1.82, 2.24) is 15.1 Å². The van der Waals surface area contributed by atoms with Crippen LogP contribution in [0.1, 0.15) is 10.4 Å². The minimum absolute atomic E-state index is 0.0627. The molecule has 0 spiro atoms. The molecule has 2 aromatic rings. The number of nitrogens with zero attached hydrogens (tertiary/aromatic N) is 2. The summed E-state index contributed by atoms with van der Waals surface area (Å²) in [5.74, 6) is -0.0627. The maximum absolute atomic E-state index is 12.1. The molecule has 1 aromatic heterocycles. The summed E-state index contributed by atoms with van der Waals surface area (Å²) in [7, 11) is 0. The van der Waals surface area contributed by atoms with Crippen molar-refractivity contribution < 1.29 is 4.79 Å². The van der Waals surface area contributed by atoms with Gasteiger partial charge in [0.2, 0.25) is 0 Å². The Bertz CT molecular complexity index is 594. The van der Waals surface area contributed by atoms with E-state index in [1.54, 1.807) is 10.9 Å². The maximum atomic E-state index is 12.1. The number of benzene rings is 1. The van der Waals surface area contributed by atoms with Gasteiger partial charge in [0.15, 0.2) is 0 Å². The van der Waals surface area contributed by atoms with E-state index < -0.39 is 0 Å². The fourth-order valence-electron chi connectivity index (χ4n) is 2.20. The van der Waals surface area contributed by atoms with E-state index in [-0.39, 0.29) is 5.91 Å². The fourth-order valence-corrected chi connectivity index (χ4v) is 2.20. The van der Waals surface area contributed by atoms with Gasteiger partial charge in [-0.05, 0) is 24.3 Å². The number of amides is 1. The summed E-state index contributed by atoms with van der Waals surface area (Å²) >= 11 is 0. The largest absolute Gasteiger partial charge is 0.382 e. The Labute approximate surface area is 117 Å². The smallest absolute Gasteiger partial charge is 0.251 e. The molecule has 0 atom stereocenters. The minimum atomic E-state index is -0.0627. The summed E-state index contributed by atoms with van der Waals surface area (Å²) in [6.07, 6.45) is 3.60. The van der Waals surface area contributed by atoms with Crippen molar-refractivity contribution in [2.45, 2.75) is 6.54 Å². The molecule has 0 bridgehead atoms. The molecule has 0 unspecified atom stereocenters. The fraction of sp³-hybridized carbons (Fsp3) is 0.286. The molecule has 1 aromatic carbocycles. The molecular formula is C14H17N5O. The quantitative estimate of drug-likeness (QED) is 0.780. The number of anilines is 2. The van der Waals surface area contributed by atoms with Crippen molar-refractivity contribution in [2.24, 2.45) is 0 Å². The number of nitrogens with one attached hydrogen (secondary N) is 3. The predicted octanol–water partition coefficient (Wildman–Crippen LogP) is 1.15. The van der Waals surface area contributed by atoms with E-state index in [0.717, 1.165) is 24.5 Å². The summed E-state index contributed by atoms with van der Waals surface area (Å²) in [4.78, 5) is 12.1. The van der Waals surface area contributed by atoms with Crippen LogP contribution in [-0.2, 0) is 6.54 Å². The van der Waals surface area contributed by atoms with Gasteiger partial charge in [0.25, 0.3) is 5.91 Å². The first-order valence-electron chi connectivity index (χ1n) is 6.70. The lowest BCUT2D eigenvalue weighted by Gasteiger charge is -2.20. The Balaban J connectivity index is 1.59. The van der Waals surface area contributed by atoms with Crippen LogP contribution < -0.4 is 16.0 Å². The molecule has 6 nitrogen and oxygen atoms in total. The highest BCUT2D eigenvalue weighted by molar-refractivity contribution is 5.96. The lowest BCUT2D eigenvalue weighted by molar-refractivity contribution is 0.0952. The zero-order chi connectivity index (χ0) is 13.8. The lowest BCUT2D eigenvalue weighted by Crippen LogP contribution is -2.28. The molecule has 0 saturated carbocycles. The van der Waals surface area contributed by atoms with E-state index in [1.165, 1.54) is 0 Å². The van der Waals surface area contributed by atoms with Gasteiger partial charge in [0.05, 0.1) is 17.9 Å². The van der Waals surface area contributed by atoms with Gasteiger partial charge >= 0.3 is 0 Å². The van der Waals surface area contributed by atoms with Gasteiger partial charge in [-0.1, -0.05) is 0 Å². The molecule has 1 aliphatic heterocycles. The van der Waals surface area contributed by atoms with Crippen LogP contribution in [0, 0.1) is 0 Å². The molecule has 0 radical (unpaired) electrons. The molecule has 0 saturated heterocycles. The Kier molecular flexibility index (Phi) is 3.54. The monoisotopic (exact) mass is 271 g/mol. The average molecular weight is 271 g/mol. The number of hydrogen-bond acceptors (Lipinski definition) is 4. The molecule has 2 heterocycles. The van der Waals surface area contributed by atoms with E-state index >= 15 is 0 Å². The molecule has 3 N–H and O–H groups in total. The molecule has 1 amide bonds. The lowest BCUT2D eigenvalue weighted by atomic mass is 10.1. The average Bonchev–Trinajstić information content (AvgIpc) is 3.00. The van der Waals surface area contributed by atoms with Gasteiger partial charge < -0.3 is 16.0 Å². The van der Waals surface area contributed by atoms with Crippen molar-refractivity contribution in [1.29, 1.82) is 0 Å². The highest BCUT2D eigenvalue weighted by atomic mass is 16.1. The number of carbonyl (C=O) groups is 1. The van der Waals surface area contributed by atoms with Gasteiger partial charge in [-0.2, -0.15) is 5.10 Å². The van der Waals surface area contributed by atoms with Crippen molar-refractivity contribution in [2.75, 3.05) is 30.3 Å². The molecule has 0 aliphatic carbocycles. The number of hydrogen-bond donors (Lipinski definition) is 3. The Morgan fingerprint density at radius 1 is 1.30 bits per heavy atom. The number of fused-ring (bicyclic) bond motifs is 1. The second-order valence-corrected chi connectivity index (χ2v) is 4.64. The number of carbonyl (C=O) groups excluding carboxylic acids is 1. The third kappa shape index (κ3) is 2.74. The zero-order valence-electron chi connectivity index (χ0n) is 11.1. The van der Waals surface area contributed by atoms with Crippen LogP contribution >= 0.6 is 0 Å². The van der Waals surface area contributed by atoms with Crippen LogP contribution in [0.4, 0.5) is 11.4 Å². The van der Waals surface area contributed by atoms with E-state index in [9.17, 15) is 4.79 Å². The topological polar surface area (TPSA) is 71.0 Å². The van der Waals surface area contributed by atoms with Crippen molar-refractivity contribution in [3.05, 3.63) is 42.2 Å². The van der Waals surface area contributed by atoms with Crippen LogP contribution in [0.5, 0.6) is 0 Å². The zero-order valence-corrected chi connectivity index (χ0v) is 11.1. The molecule has 3 rings (SSSR count). The highest BCUT2D eigenvalue weighted by Gasteiger charge is 2.11. The molecular weight excluding hydrogens is 254 g/mol. The summed E-state index contributed by atoms with van der Waals surface area (Å²) < 4.78 is 1.79. The predicted molar refractivity (Wildman–Crippen MR) is 78.0 cm³/mol. The first-order chi connectivity index (χ1) is 9.83. The first-order valence-corrected chi connectivity index (χ1v) is 6.70. The highest BCUT2D eigenvalue weighted by Crippen LogP contribution is 2.25. The van der Waals surface area contributed by atoms with Crippen LogP contribution in [0.3, 0.4) is 0 Å². The summed E-state index contributed by atoms with van der Waals surface area (Å²) in [6, 6.07) is 7.51. The second kappa shape index (κ2) is 5.64. The third-order valence-electron chi connectivity index (χ3n) is 3.22. The van der Waals surface area contributed by atoms with E-state index in [0.29, 0.717) is 18.7 Å². The maximum Gasteiger partial charge on any atom is 0.251 e. The summed E-state index contributed by atoms with van der Waals surface area (Å²) in [5, 5.41) is 13.6. The van der Waals surface area contributed by atoms with Gasteiger partial charge in [-0.15, -0.1) is 0 Å². The van der Waals surface area contributed by atoms with Gasteiger partial charge in [-0.25, -0.2) is 0 Å². The van der Waals surface area contributed by atoms with Crippen LogP contribution in [0.15, 0.2) is 36.7 Å². The van der Waals surface area contributed by atoms with E-state index in [2.05, 4.69) is 21.0 Å². The summed E-state index contributed by atoms with van der Waals surface area (Å²) in [6.45, 7) is 3.01. The van der Waals surface area contributed by atoms with E-state index in [4.69, 9.17) is 0 Å².